The summed E-state index contributed by atoms with van der Waals surface area (Å²) < 4.78 is 28.5. The van der Waals surface area contributed by atoms with Crippen LogP contribution >= 0.6 is 44.7 Å². The molecule has 0 unspecified atom stereocenters. The first kappa shape index (κ1) is 35.0. The molecule has 0 bridgehead atoms. The van der Waals surface area contributed by atoms with E-state index in [1.165, 1.54) is 22.5 Å². The van der Waals surface area contributed by atoms with E-state index < -0.39 is 22.8 Å². The summed E-state index contributed by atoms with van der Waals surface area (Å²) in [5.41, 5.74) is 3.51. The molecule has 2 heterocycles. The lowest BCUT2D eigenvalue weighted by atomic mass is 10.0. The maximum atomic E-state index is 14.6. The summed E-state index contributed by atoms with van der Waals surface area (Å²) in [5, 5.41) is 9.58. The van der Waals surface area contributed by atoms with Crippen LogP contribution in [0, 0.1) is 26.7 Å². The second kappa shape index (κ2) is 16.2. The van der Waals surface area contributed by atoms with E-state index in [0.29, 0.717) is 46.8 Å². The minimum Gasteiger partial charge on any atom is -0.462 e. The number of unbranched alkanes of at least 4 members (excludes halogenated alkanes) is 1. The van der Waals surface area contributed by atoms with Crippen molar-refractivity contribution in [2.75, 3.05) is 19.5 Å². The fourth-order valence-electron chi connectivity index (χ4n) is 5.09. The summed E-state index contributed by atoms with van der Waals surface area (Å²) in [4.78, 5) is 44.2. The number of rotatable bonds is 14. The molecule has 5 rings (SSSR count). The SMILES string of the molecule is CSc1ccc(-c2c(C(=O)OCCCCO[N+](=O)[O-])c(CC(=O)Oc3ccc(-c4cc(=S)ss4)cc3)c(C)n2-c2cccc(F)c2)cc1. The minimum atomic E-state index is -0.876. The van der Waals surface area contributed by atoms with Crippen molar-refractivity contribution in [2.24, 2.45) is 0 Å². The topological polar surface area (TPSA) is 110 Å². The largest absolute Gasteiger partial charge is 0.462 e. The van der Waals surface area contributed by atoms with Crippen LogP contribution in [-0.4, -0.2) is 41.1 Å². The molecule has 0 atom stereocenters. The molecule has 9 nitrogen and oxygen atoms in total. The zero-order valence-electron chi connectivity index (χ0n) is 25.8. The number of esters is 2. The molecule has 0 fully saturated rings. The number of thioether (sulfide) groups is 1. The van der Waals surface area contributed by atoms with Gasteiger partial charge in [0.2, 0.25) is 0 Å². The fourth-order valence-corrected chi connectivity index (χ4v) is 7.90. The number of hydrogen-bond donors (Lipinski definition) is 0. The molecule has 0 saturated heterocycles. The van der Waals surface area contributed by atoms with Gasteiger partial charge in [-0.3, -0.25) is 4.79 Å². The van der Waals surface area contributed by atoms with Gasteiger partial charge in [-0.1, -0.05) is 51.1 Å². The number of halogens is 1. The first-order valence-electron chi connectivity index (χ1n) is 14.6. The van der Waals surface area contributed by atoms with Crippen LogP contribution < -0.4 is 4.74 Å². The number of benzene rings is 3. The van der Waals surface area contributed by atoms with Crippen LogP contribution in [-0.2, 0) is 20.8 Å². The summed E-state index contributed by atoms with van der Waals surface area (Å²) in [6, 6.07) is 22.5. The Kier molecular flexibility index (Phi) is 11.8. The molecule has 248 valence electrons. The molecule has 0 aliphatic heterocycles. The number of hydrogen-bond acceptors (Lipinski definition) is 11. The van der Waals surface area contributed by atoms with Crippen molar-refractivity contribution >= 4 is 56.6 Å². The second-order valence-corrected chi connectivity index (χ2v) is 14.2. The molecule has 0 saturated carbocycles. The van der Waals surface area contributed by atoms with E-state index in [1.54, 1.807) is 57.9 Å². The van der Waals surface area contributed by atoms with Gasteiger partial charge in [-0.05, 0) is 103 Å². The van der Waals surface area contributed by atoms with E-state index in [4.69, 9.17) is 21.7 Å². The standard InChI is InChI=1S/C34H29FN2O7S4/c1-21-28(19-30(38)44-26-12-8-22(9-13-26)29-20-31(45)48-47-29)32(34(39)42-16-3-4-17-43-37(40)41)33(23-10-14-27(46-2)15-11-23)36(21)25-7-5-6-24(35)18-25/h5-15,18,20H,3-4,16-17,19H2,1-2H3. The van der Waals surface area contributed by atoms with Gasteiger partial charge in [-0.25, -0.2) is 9.18 Å². The molecule has 14 heteroatoms. The molecule has 3 aromatic carbocycles. The van der Waals surface area contributed by atoms with E-state index >= 15 is 0 Å². The normalized spacial score (nSPS) is 10.9. The highest BCUT2D eigenvalue weighted by atomic mass is 32.9. The van der Waals surface area contributed by atoms with Gasteiger partial charge in [-0.2, -0.15) is 0 Å². The van der Waals surface area contributed by atoms with Crippen molar-refractivity contribution in [3.63, 3.8) is 0 Å². The molecule has 0 spiro atoms. The molecular formula is C34H29FN2O7S4. The van der Waals surface area contributed by atoms with E-state index in [-0.39, 0.29) is 25.2 Å². The third-order valence-electron chi connectivity index (χ3n) is 7.29. The average molecular weight is 725 g/mol. The van der Waals surface area contributed by atoms with Crippen LogP contribution in [0.4, 0.5) is 4.39 Å². The number of ether oxygens (including phenoxy) is 2. The highest BCUT2D eigenvalue weighted by molar-refractivity contribution is 7.98. The van der Waals surface area contributed by atoms with Crippen LogP contribution in [0.3, 0.4) is 0 Å². The molecule has 2 aromatic heterocycles. The minimum absolute atomic E-state index is 0.0386. The van der Waals surface area contributed by atoms with Gasteiger partial charge in [0.25, 0.3) is 5.09 Å². The first-order valence-corrected chi connectivity index (χ1v) is 18.4. The zero-order valence-corrected chi connectivity index (χ0v) is 29.1. The molecule has 5 aromatic rings. The van der Waals surface area contributed by atoms with Crippen molar-refractivity contribution in [3.8, 4) is 33.1 Å². The van der Waals surface area contributed by atoms with Gasteiger partial charge in [0.05, 0.1) is 30.9 Å². The molecule has 0 aliphatic rings. The number of carbonyl (C=O) groups is 2. The Morgan fingerprint density at radius 1 is 0.979 bits per heavy atom. The fraction of sp³-hybridized carbons (Fsp3) is 0.206. The summed E-state index contributed by atoms with van der Waals surface area (Å²) in [7, 11) is 3.08. The summed E-state index contributed by atoms with van der Waals surface area (Å²) in [5.74, 6) is -1.44. The van der Waals surface area contributed by atoms with Crippen LogP contribution in [0.5, 0.6) is 5.75 Å². The van der Waals surface area contributed by atoms with E-state index in [0.717, 1.165) is 19.2 Å². The van der Waals surface area contributed by atoms with Crippen LogP contribution in [0.25, 0.3) is 27.4 Å². The van der Waals surface area contributed by atoms with Crippen LogP contribution in [0.2, 0.25) is 0 Å². The first-order chi connectivity index (χ1) is 23.1. The van der Waals surface area contributed by atoms with Gasteiger partial charge in [0, 0.05) is 21.2 Å². The van der Waals surface area contributed by atoms with Crippen molar-refractivity contribution < 1.29 is 33.4 Å². The third kappa shape index (κ3) is 8.55. The smallest absolute Gasteiger partial charge is 0.340 e. The Labute approximate surface area is 292 Å². The Balaban J connectivity index is 1.51. The summed E-state index contributed by atoms with van der Waals surface area (Å²) >= 11 is 6.79. The lowest BCUT2D eigenvalue weighted by Gasteiger charge is -2.14. The highest BCUT2D eigenvalue weighted by Gasteiger charge is 2.30. The van der Waals surface area contributed by atoms with E-state index in [2.05, 4.69) is 4.84 Å². The maximum Gasteiger partial charge on any atom is 0.340 e. The average Bonchev–Trinajstić information content (AvgIpc) is 3.63. The predicted molar refractivity (Wildman–Crippen MR) is 188 cm³/mol. The van der Waals surface area contributed by atoms with Gasteiger partial charge in [0.1, 0.15) is 15.4 Å². The monoisotopic (exact) mass is 724 g/mol. The van der Waals surface area contributed by atoms with E-state index in [1.807, 2.05) is 48.7 Å². The Bertz CT molecular complexity index is 1990. The number of carbonyl (C=O) groups excluding carboxylic acids is 2. The molecule has 0 N–H and O–H groups in total. The van der Waals surface area contributed by atoms with E-state index in [9.17, 15) is 24.1 Å². The van der Waals surface area contributed by atoms with Gasteiger partial charge < -0.3 is 18.9 Å². The Hall–Kier alpha value is -4.37. The van der Waals surface area contributed by atoms with Crippen molar-refractivity contribution in [3.05, 3.63) is 115 Å². The third-order valence-corrected chi connectivity index (χ3v) is 10.9. The van der Waals surface area contributed by atoms with Crippen LogP contribution in [0.15, 0.2) is 83.8 Å². The van der Waals surface area contributed by atoms with Gasteiger partial charge in [-0.15, -0.1) is 21.9 Å². The second-order valence-electron chi connectivity index (χ2n) is 10.4. The number of nitrogens with zero attached hydrogens (tertiary/aromatic N) is 2. The molecule has 0 amide bonds. The summed E-state index contributed by atoms with van der Waals surface area (Å²) in [6.45, 7) is 1.58. The van der Waals surface area contributed by atoms with Crippen molar-refractivity contribution in [1.82, 2.24) is 4.57 Å². The summed E-state index contributed by atoms with van der Waals surface area (Å²) in [6.07, 6.45) is 2.28. The molecule has 0 aliphatic carbocycles. The maximum absolute atomic E-state index is 14.6. The van der Waals surface area contributed by atoms with Crippen LogP contribution in [0.1, 0.15) is 34.5 Å². The lowest BCUT2D eigenvalue weighted by molar-refractivity contribution is -0.757. The molecular weight excluding hydrogens is 696 g/mol. The Morgan fingerprint density at radius 2 is 1.69 bits per heavy atom. The highest BCUT2D eigenvalue weighted by Crippen LogP contribution is 2.37. The van der Waals surface area contributed by atoms with Gasteiger partial charge >= 0.3 is 11.9 Å². The molecule has 48 heavy (non-hydrogen) atoms. The number of aromatic nitrogens is 1. The lowest BCUT2D eigenvalue weighted by Crippen LogP contribution is -2.16. The van der Waals surface area contributed by atoms with Crippen molar-refractivity contribution in [2.45, 2.75) is 31.1 Å². The molecule has 0 radical (unpaired) electrons. The quantitative estimate of drug-likeness (QED) is 0.0162. The van der Waals surface area contributed by atoms with Gasteiger partial charge in [0.15, 0.2) is 0 Å². The Morgan fingerprint density at radius 3 is 2.33 bits per heavy atom. The zero-order chi connectivity index (χ0) is 34.2. The van der Waals surface area contributed by atoms with Crippen molar-refractivity contribution in [1.29, 1.82) is 0 Å². The predicted octanol–water partition coefficient (Wildman–Crippen LogP) is 9.13.